The topological polar surface area (TPSA) is 46.3 Å². The van der Waals surface area contributed by atoms with Crippen LogP contribution in [0.1, 0.15) is 24.5 Å². The summed E-state index contributed by atoms with van der Waals surface area (Å²) in [6.07, 6.45) is -2.11. The zero-order valence-corrected chi connectivity index (χ0v) is 12.4. The van der Waals surface area contributed by atoms with Gasteiger partial charge in [-0.3, -0.25) is 4.79 Å². The number of hydrogen-bond donors (Lipinski definition) is 1. The number of amides is 1. The van der Waals surface area contributed by atoms with Crippen LogP contribution in [0.15, 0.2) is 30.3 Å². The summed E-state index contributed by atoms with van der Waals surface area (Å²) in [6.45, 7) is 3.44. The quantitative estimate of drug-likeness (QED) is 0.872. The van der Waals surface area contributed by atoms with Gasteiger partial charge in [-0.15, -0.1) is 0 Å². The molecule has 0 aromatic heterocycles. The highest BCUT2D eigenvalue weighted by molar-refractivity contribution is 5.95. The molecule has 1 atom stereocenters. The summed E-state index contributed by atoms with van der Waals surface area (Å²) in [5.41, 5.74) is 5.79. The highest BCUT2D eigenvalue weighted by Crippen LogP contribution is 2.31. The summed E-state index contributed by atoms with van der Waals surface area (Å²) in [4.78, 5) is 13.8. The zero-order valence-electron chi connectivity index (χ0n) is 12.4. The first kappa shape index (κ1) is 16.5. The molecule has 1 heterocycles. The number of benzene rings is 1. The highest BCUT2D eigenvalue weighted by atomic mass is 19.4. The third kappa shape index (κ3) is 3.88. The Hall–Kier alpha value is -1.82. The number of halogens is 3. The fraction of sp³-hybridized carbons (Fsp3) is 0.438. The monoisotopic (exact) mass is 312 g/mol. The Morgan fingerprint density at radius 3 is 2.77 bits per heavy atom. The normalized spacial score (nSPS) is 19.6. The Bertz CT molecular complexity index is 581. The van der Waals surface area contributed by atoms with Gasteiger partial charge in [-0.2, -0.15) is 13.2 Å². The van der Waals surface area contributed by atoms with Gasteiger partial charge in [-0.1, -0.05) is 12.1 Å². The summed E-state index contributed by atoms with van der Waals surface area (Å²) in [6, 6.07) is 5.00. The Labute approximate surface area is 127 Å². The molecule has 1 amide bonds. The van der Waals surface area contributed by atoms with Crippen molar-refractivity contribution < 1.29 is 18.0 Å². The van der Waals surface area contributed by atoms with Crippen LogP contribution in [0.4, 0.5) is 13.2 Å². The minimum Gasteiger partial charge on any atom is -0.339 e. The van der Waals surface area contributed by atoms with Crippen LogP contribution in [0, 0.1) is 5.92 Å². The van der Waals surface area contributed by atoms with Crippen molar-refractivity contribution in [2.75, 3.05) is 19.6 Å². The first-order valence-electron chi connectivity index (χ1n) is 7.16. The van der Waals surface area contributed by atoms with E-state index in [1.807, 2.05) is 0 Å². The second kappa shape index (κ2) is 6.52. The highest BCUT2D eigenvalue weighted by Gasteiger charge is 2.30. The van der Waals surface area contributed by atoms with Crippen LogP contribution in [-0.4, -0.2) is 30.4 Å². The fourth-order valence-electron chi connectivity index (χ4n) is 2.53. The predicted molar refractivity (Wildman–Crippen MR) is 78.8 cm³/mol. The summed E-state index contributed by atoms with van der Waals surface area (Å²) < 4.78 is 38.1. The Morgan fingerprint density at radius 2 is 2.18 bits per heavy atom. The molecule has 22 heavy (non-hydrogen) atoms. The van der Waals surface area contributed by atoms with Gasteiger partial charge in [0.15, 0.2) is 0 Å². The Morgan fingerprint density at radius 1 is 1.45 bits per heavy atom. The van der Waals surface area contributed by atoms with Gasteiger partial charge in [0.25, 0.3) is 0 Å². The van der Waals surface area contributed by atoms with Gasteiger partial charge in [-0.05, 0) is 49.1 Å². The molecular formula is C16H19F3N2O. The van der Waals surface area contributed by atoms with Crippen molar-refractivity contribution >= 4 is 11.5 Å². The molecule has 1 aromatic rings. The molecule has 2 rings (SSSR count). The summed E-state index contributed by atoms with van der Waals surface area (Å²) in [7, 11) is 0. The second-order valence-corrected chi connectivity index (χ2v) is 5.58. The van der Waals surface area contributed by atoms with Crippen molar-refractivity contribution in [3.63, 3.8) is 0 Å². The van der Waals surface area contributed by atoms with Crippen LogP contribution in [0.5, 0.6) is 0 Å². The van der Waals surface area contributed by atoms with Gasteiger partial charge >= 0.3 is 6.18 Å². The van der Waals surface area contributed by atoms with Crippen LogP contribution in [-0.2, 0) is 11.0 Å². The van der Waals surface area contributed by atoms with Crippen molar-refractivity contribution in [3.8, 4) is 0 Å². The minimum atomic E-state index is -4.39. The lowest BCUT2D eigenvalue weighted by atomic mass is 10.0. The summed E-state index contributed by atoms with van der Waals surface area (Å²) in [5.74, 6) is 0.136. The average molecular weight is 312 g/mol. The van der Waals surface area contributed by atoms with Crippen molar-refractivity contribution in [1.29, 1.82) is 0 Å². The molecule has 0 bridgehead atoms. The van der Waals surface area contributed by atoms with Gasteiger partial charge in [0.2, 0.25) is 5.91 Å². The van der Waals surface area contributed by atoms with E-state index in [1.165, 1.54) is 12.1 Å². The zero-order chi connectivity index (χ0) is 16.3. The smallest absolute Gasteiger partial charge is 0.339 e. The lowest BCUT2D eigenvalue weighted by Crippen LogP contribution is -2.28. The molecule has 6 heteroatoms. The van der Waals surface area contributed by atoms with Gasteiger partial charge in [0.1, 0.15) is 0 Å². The van der Waals surface area contributed by atoms with E-state index in [2.05, 4.69) is 0 Å². The Kier molecular flexibility index (Phi) is 4.90. The van der Waals surface area contributed by atoms with Crippen LogP contribution in [0.25, 0.3) is 5.57 Å². The van der Waals surface area contributed by atoms with Crippen LogP contribution in [0.2, 0.25) is 0 Å². The number of carbonyl (C=O) groups is 1. The van der Waals surface area contributed by atoms with Gasteiger partial charge < -0.3 is 10.6 Å². The third-order valence-electron chi connectivity index (χ3n) is 3.92. The molecule has 1 unspecified atom stereocenters. The first-order chi connectivity index (χ1) is 10.3. The molecule has 120 valence electrons. The molecular weight excluding hydrogens is 293 g/mol. The molecule has 1 fully saturated rings. The minimum absolute atomic E-state index is 0.175. The van der Waals surface area contributed by atoms with Crippen LogP contribution < -0.4 is 5.73 Å². The number of alkyl halides is 3. The molecule has 1 saturated heterocycles. The fourth-order valence-corrected chi connectivity index (χ4v) is 2.53. The number of rotatable bonds is 3. The third-order valence-corrected chi connectivity index (χ3v) is 3.92. The van der Waals surface area contributed by atoms with E-state index < -0.39 is 11.7 Å². The number of nitrogens with two attached hydrogens (primary N) is 1. The molecule has 0 spiro atoms. The SMILES string of the molecule is C/C(=C/C(=O)N1CCC(CN)C1)c1cccc(C(F)(F)F)c1. The largest absolute Gasteiger partial charge is 0.416 e. The van der Waals surface area contributed by atoms with Gasteiger partial charge in [-0.25, -0.2) is 0 Å². The average Bonchev–Trinajstić information content (AvgIpc) is 2.95. The maximum Gasteiger partial charge on any atom is 0.416 e. The molecule has 2 N–H and O–H groups in total. The predicted octanol–water partition coefficient (Wildman–Crippen LogP) is 2.92. The van der Waals surface area contributed by atoms with E-state index in [4.69, 9.17) is 5.73 Å². The second-order valence-electron chi connectivity index (χ2n) is 5.58. The number of hydrogen-bond acceptors (Lipinski definition) is 2. The maximum atomic E-state index is 12.7. The van der Waals surface area contributed by atoms with E-state index in [0.29, 0.717) is 36.7 Å². The molecule has 3 nitrogen and oxygen atoms in total. The van der Waals surface area contributed by atoms with E-state index in [0.717, 1.165) is 18.6 Å². The lowest BCUT2D eigenvalue weighted by molar-refractivity contribution is -0.137. The van der Waals surface area contributed by atoms with Crippen LogP contribution in [0.3, 0.4) is 0 Å². The molecule has 0 radical (unpaired) electrons. The van der Waals surface area contributed by atoms with Gasteiger partial charge in [0.05, 0.1) is 5.56 Å². The molecule has 1 aliphatic rings. The standard InChI is InChI=1S/C16H19F3N2O/c1-11(7-15(22)21-6-5-12(9-20)10-21)13-3-2-4-14(8-13)16(17,18)19/h2-4,7-8,12H,5-6,9-10,20H2,1H3/b11-7-. The molecule has 1 aromatic carbocycles. The van der Waals surface area contributed by atoms with Crippen LogP contribution >= 0.6 is 0 Å². The van der Waals surface area contributed by atoms with Gasteiger partial charge in [0, 0.05) is 19.2 Å². The lowest BCUT2D eigenvalue weighted by Gasteiger charge is -2.15. The maximum absolute atomic E-state index is 12.7. The molecule has 0 aliphatic carbocycles. The van der Waals surface area contributed by atoms with Crippen molar-refractivity contribution in [2.24, 2.45) is 11.7 Å². The number of allylic oxidation sites excluding steroid dienone is 1. The Balaban J connectivity index is 2.14. The van der Waals surface area contributed by atoms with Crippen molar-refractivity contribution in [3.05, 3.63) is 41.5 Å². The van der Waals surface area contributed by atoms with Crippen molar-refractivity contribution in [2.45, 2.75) is 19.5 Å². The molecule has 1 aliphatic heterocycles. The van der Waals surface area contributed by atoms with E-state index >= 15 is 0 Å². The summed E-state index contributed by atoms with van der Waals surface area (Å²) in [5, 5.41) is 0. The van der Waals surface area contributed by atoms with E-state index in [1.54, 1.807) is 17.9 Å². The number of likely N-dealkylation sites (tertiary alicyclic amines) is 1. The van der Waals surface area contributed by atoms with E-state index in [9.17, 15) is 18.0 Å². The number of carbonyl (C=O) groups excluding carboxylic acids is 1. The van der Waals surface area contributed by atoms with E-state index in [-0.39, 0.29) is 5.91 Å². The first-order valence-corrected chi connectivity index (χ1v) is 7.16. The molecule has 0 saturated carbocycles. The summed E-state index contributed by atoms with van der Waals surface area (Å²) >= 11 is 0. The number of nitrogens with zero attached hydrogens (tertiary/aromatic N) is 1. The van der Waals surface area contributed by atoms with Crippen molar-refractivity contribution in [1.82, 2.24) is 4.90 Å².